The molecule has 0 aromatic carbocycles. The molecule has 5 heteroatoms. The monoisotopic (exact) mass is 230 g/mol. The SMILES string of the molecule is CN(C)c1ccc(C(O)C(O)CCl)cn1. The quantitative estimate of drug-likeness (QED) is 0.751. The molecule has 15 heavy (non-hydrogen) atoms. The molecule has 0 aliphatic carbocycles. The summed E-state index contributed by atoms with van der Waals surface area (Å²) in [6, 6.07) is 3.50. The standard InChI is InChI=1S/C10H15ClN2O2/c1-13(2)9-4-3-7(6-12-9)10(15)8(14)5-11/h3-4,6,8,10,14-15H,5H2,1-2H3. The van der Waals surface area contributed by atoms with Gasteiger partial charge in [-0.25, -0.2) is 4.98 Å². The Labute approximate surface area is 94.1 Å². The highest BCUT2D eigenvalue weighted by atomic mass is 35.5. The lowest BCUT2D eigenvalue weighted by atomic mass is 10.1. The molecule has 0 bridgehead atoms. The molecular weight excluding hydrogens is 216 g/mol. The molecule has 1 aromatic rings. The summed E-state index contributed by atoms with van der Waals surface area (Å²) in [7, 11) is 3.76. The lowest BCUT2D eigenvalue weighted by molar-refractivity contribution is 0.0325. The van der Waals surface area contributed by atoms with E-state index in [1.54, 1.807) is 12.1 Å². The van der Waals surface area contributed by atoms with Crippen LogP contribution in [0, 0.1) is 0 Å². The third-order valence-corrected chi connectivity index (χ3v) is 2.41. The van der Waals surface area contributed by atoms with Gasteiger partial charge in [0.15, 0.2) is 0 Å². The molecule has 0 amide bonds. The minimum Gasteiger partial charge on any atom is -0.389 e. The fourth-order valence-corrected chi connectivity index (χ4v) is 1.31. The second-order valence-corrected chi connectivity index (χ2v) is 3.82. The molecule has 1 rings (SSSR count). The number of hydrogen-bond acceptors (Lipinski definition) is 4. The van der Waals surface area contributed by atoms with Gasteiger partial charge in [0.1, 0.15) is 11.9 Å². The summed E-state index contributed by atoms with van der Waals surface area (Å²) in [5.74, 6) is 0.794. The molecule has 1 aromatic heterocycles. The van der Waals surface area contributed by atoms with Crippen LogP contribution in [0.25, 0.3) is 0 Å². The number of nitrogens with zero attached hydrogens (tertiary/aromatic N) is 2. The Bertz CT molecular complexity index is 303. The van der Waals surface area contributed by atoms with Crippen LogP contribution >= 0.6 is 11.6 Å². The highest BCUT2D eigenvalue weighted by molar-refractivity contribution is 6.18. The lowest BCUT2D eigenvalue weighted by Gasteiger charge is -2.16. The highest BCUT2D eigenvalue weighted by Gasteiger charge is 2.17. The van der Waals surface area contributed by atoms with E-state index in [1.807, 2.05) is 19.0 Å². The van der Waals surface area contributed by atoms with Crippen molar-refractivity contribution in [3.63, 3.8) is 0 Å². The molecule has 2 atom stereocenters. The topological polar surface area (TPSA) is 56.6 Å². The molecule has 0 fully saturated rings. The number of aromatic nitrogens is 1. The molecule has 0 spiro atoms. The fraction of sp³-hybridized carbons (Fsp3) is 0.500. The van der Waals surface area contributed by atoms with Crippen molar-refractivity contribution in [1.82, 2.24) is 4.98 Å². The first-order valence-corrected chi connectivity index (χ1v) is 5.15. The van der Waals surface area contributed by atoms with E-state index in [2.05, 4.69) is 4.98 Å². The summed E-state index contributed by atoms with van der Waals surface area (Å²) in [4.78, 5) is 5.98. The van der Waals surface area contributed by atoms with Gasteiger partial charge in [-0.3, -0.25) is 0 Å². The minimum atomic E-state index is -0.980. The van der Waals surface area contributed by atoms with E-state index in [1.165, 1.54) is 6.20 Å². The summed E-state index contributed by atoms with van der Waals surface area (Å²) < 4.78 is 0. The van der Waals surface area contributed by atoms with Crippen LogP contribution in [0.1, 0.15) is 11.7 Å². The van der Waals surface area contributed by atoms with E-state index in [4.69, 9.17) is 11.6 Å². The minimum absolute atomic E-state index is 0.00337. The molecule has 2 N–H and O–H groups in total. The first kappa shape index (κ1) is 12.2. The summed E-state index contributed by atoms with van der Waals surface area (Å²) in [5, 5.41) is 19.0. The zero-order valence-electron chi connectivity index (χ0n) is 8.76. The zero-order valence-corrected chi connectivity index (χ0v) is 9.52. The summed E-state index contributed by atoms with van der Waals surface area (Å²) in [6.07, 6.45) is -0.402. The molecule has 0 saturated carbocycles. The molecule has 0 aliphatic rings. The number of aliphatic hydroxyl groups excluding tert-OH is 2. The third kappa shape index (κ3) is 3.06. The van der Waals surface area contributed by atoms with E-state index < -0.39 is 12.2 Å². The number of aliphatic hydroxyl groups is 2. The lowest BCUT2D eigenvalue weighted by Crippen LogP contribution is -2.20. The Morgan fingerprint density at radius 3 is 2.47 bits per heavy atom. The maximum Gasteiger partial charge on any atom is 0.127 e. The van der Waals surface area contributed by atoms with E-state index >= 15 is 0 Å². The smallest absolute Gasteiger partial charge is 0.127 e. The largest absolute Gasteiger partial charge is 0.389 e. The van der Waals surface area contributed by atoms with E-state index in [0.29, 0.717) is 5.56 Å². The van der Waals surface area contributed by atoms with Gasteiger partial charge in [-0.2, -0.15) is 0 Å². The Hall–Kier alpha value is -0.840. The van der Waals surface area contributed by atoms with Gasteiger partial charge in [-0.15, -0.1) is 11.6 Å². The van der Waals surface area contributed by atoms with Gasteiger partial charge in [-0.05, 0) is 6.07 Å². The van der Waals surface area contributed by atoms with Crippen LogP contribution in [0.3, 0.4) is 0 Å². The van der Waals surface area contributed by atoms with Crippen molar-refractivity contribution in [3.8, 4) is 0 Å². The molecule has 0 aliphatic heterocycles. The van der Waals surface area contributed by atoms with Gasteiger partial charge in [-0.1, -0.05) is 6.07 Å². The van der Waals surface area contributed by atoms with Gasteiger partial charge in [0, 0.05) is 25.9 Å². The van der Waals surface area contributed by atoms with Gasteiger partial charge in [0.2, 0.25) is 0 Å². The van der Waals surface area contributed by atoms with Crippen molar-refractivity contribution in [2.75, 3.05) is 24.9 Å². The molecule has 0 radical (unpaired) electrons. The molecule has 84 valence electrons. The van der Waals surface area contributed by atoms with Gasteiger partial charge in [0.25, 0.3) is 0 Å². The summed E-state index contributed by atoms with van der Waals surface area (Å²) in [5.41, 5.74) is 0.564. The summed E-state index contributed by atoms with van der Waals surface area (Å²) >= 11 is 5.44. The maximum atomic E-state index is 9.63. The second kappa shape index (κ2) is 5.30. The number of pyridine rings is 1. The van der Waals surface area contributed by atoms with Crippen molar-refractivity contribution in [3.05, 3.63) is 23.9 Å². The predicted octanol–water partition coefficient (Wildman–Crippen LogP) is 0.781. The van der Waals surface area contributed by atoms with Crippen LogP contribution in [0.5, 0.6) is 0 Å². The summed E-state index contributed by atoms with van der Waals surface area (Å²) in [6.45, 7) is 0. The maximum absolute atomic E-state index is 9.63. The Morgan fingerprint density at radius 2 is 2.07 bits per heavy atom. The van der Waals surface area contributed by atoms with Crippen LogP contribution in [-0.4, -0.2) is 41.3 Å². The molecule has 2 unspecified atom stereocenters. The third-order valence-electron chi connectivity index (χ3n) is 2.09. The fourth-order valence-electron chi connectivity index (χ4n) is 1.14. The molecule has 4 nitrogen and oxygen atoms in total. The van der Waals surface area contributed by atoms with Crippen molar-refractivity contribution < 1.29 is 10.2 Å². The van der Waals surface area contributed by atoms with Crippen LogP contribution in [0.4, 0.5) is 5.82 Å². The average molecular weight is 231 g/mol. The first-order valence-electron chi connectivity index (χ1n) is 4.61. The Morgan fingerprint density at radius 1 is 1.40 bits per heavy atom. The van der Waals surface area contributed by atoms with Gasteiger partial charge >= 0.3 is 0 Å². The van der Waals surface area contributed by atoms with Crippen molar-refractivity contribution in [2.24, 2.45) is 0 Å². The number of anilines is 1. The van der Waals surface area contributed by atoms with Crippen LogP contribution in [0.2, 0.25) is 0 Å². The molecule has 1 heterocycles. The average Bonchev–Trinajstić information content (AvgIpc) is 2.27. The van der Waals surface area contributed by atoms with Crippen molar-refractivity contribution >= 4 is 17.4 Å². The molecule has 0 saturated heterocycles. The highest BCUT2D eigenvalue weighted by Crippen LogP contribution is 2.18. The van der Waals surface area contributed by atoms with Crippen LogP contribution in [0.15, 0.2) is 18.3 Å². The normalized spacial score (nSPS) is 14.7. The van der Waals surface area contributed by atoms with E-state index in [-0.39, 0.29) is 5.88 Å². The number of rotatable bonds is 4. The van der Waals surface area contributed by atoms with Gasteiger partial charge < -0.3 is 15.1 Å². The number of halogens is 1. The van der Waals surface area contributed by atoms with Crippen molar-refractivity contribution in [1.29, 1.82) is 0 Å². The van der Waals surface area contributed by atoms with Crippen molar-refractivity contribution in [2.45, 2.75) is 12.2 Å². The Balaban J connectivity index is 2.79. The number of alkyl halides is 1. The van der Waals surface area contributed by atoms with E-state index in [9.17, 15) is 10.2 Å². The second-order valence-electron chi connectivity index (χ2n) is 3.51. The molecular formula is C10H15ClN2O2. The van der Waals surface area contributed by atoms with Crippen LogP contribution < -0.4 is 4.90 Å². The predicted molar refractivity (Wildman–Crippen MR) is 60.3 cm³/mol. The van der Waals surface area contributed by atoms with Gasteiger partial charge in [0.05, 0.1) is 12.0 Å². The number of hydrogen-bond donors (Lipinski definition) is 2. The zero-order chi connectivity index (χ0) is 11.4. The Kier molecular flexibility index (Phi) is 4.32. The first-order chi connectivity index (χ1) is 7.06. The van der Waals surface area contributed by atoms with E-state index in [0.717, 1.165) is 5.82 Å². The van der Waals surface area contributed by atoms with Crippen LogP contribution in [-0.2, 0) is 0 Å².